The summed E-state index contributed by atoms with van der Waals surface area (Å²) in [5.41, 5.74) is 0.863. The van der Waals surface area contributed by atoms with Crippen LogP contribution in [0.4, 0.5) is 4.79 Å². The van der Waals surface area contributed by atoms with Gasteiger partial charge in [0.25, 0.3) is 0 Å². The Balaban J connectivity index is 2.05. The largest absolute Gasteiger partial charge is 0.445 e. The second kappa shape index (κ2) is 15.1. The molecule has 0 saturated heterocycles. The fraction of sp³-hybridized carbons (Fsp3) is 0.714. The van der Waals surface area contributed by atoms with Crippen LogP contribution in [0.2, 0.25) is 0 Å². The molecule has 2 rings (SSSR count). The Morgan fingerprint density at radius 2 is 1.57 bits per heavy atom. The molecule has 4 N–H and O–H groups in total. The molecule has 0 heterocycles. The summed E-state index contributed by atoms with van der Waals surface area (Å²) in [5, 5.41) is 27.3. The van der Waals surface area contributed by atoms with Crippen molar-refractivity contribution in [3.05, 3.63) is 35.9 Å². The number of ether oxygens (including phenoxy) is 1. The quantitative estimate of drug-likeness (QED) is 0.324. The first-order valence-corrected chi connectivity index (χ1v) is 13.3. The van der Waals surface area contributed by atoms with Gasteiger partial charge in [0.2, 0.25) is 5.91 Å². The fourth-order valence-electron chi connectivity index (χ4n) is 4.85. The van der Waals surface area contributed by atoms with Crippen molar-refractivity contribution in [1.29, 1.82) is 0 Å². The lowest BCUT2D eigenvalue weighted by Gasteiger charge is -2.33. The van der Waals surface area contributed by atoms with Gasteiger partial charge in [-0.1, -0.05) is 90.1 Å². The van der Waals surface area contributed by atoms with Gasteiger partial charge in [0.05, 0.1) is 12.1 Å². The molecule has 35 heavy (non-hydrogen) atoms. The van der Waals surface area contributed by atoms with Crippen molar-refractivity contribution in [1.82, 2.24) is 10.6 Å². The Bertz CT molecular complexity index is 749. The number of benzene rings is 1. The van der Waals surface area contributed by atoms with E-state index >= 15 is 0 Å². The highest BCUT2D eigenvalue weighted by Crippen LogP contribution is 2.29. The lowest BCUT2D eigenvalue weighted by atomic mass is 9.82. The molecule has 1 aliphatic carbocycles. The van der Waals surface area contributed by atoms with Crippen molar-refractivity contribution in [3.63, 3.8) is 0 Å². The maximum atomic E-state index is 13.3. The number of aliphatic hydroxyl groups excluding tert-OH is 2. The smallest absolute Gasteiger partial charge is 0.408 e. The van der Waals surface area contributed by atoms with E-state index in [4.69, 9.17) is 4.74 Å². The monoisotopic (exact) mass is 490 g/mol. The van der Waals surface area contributed by atoms with E-state index in [1.807, 2.05) is 58.0 Å². The minimum absolute atomic E-state index is 0.118. The van der Waals surface area contributed by atoms with Crippen LogP contribution in [0.15, 0.2) is 30.3 Å². The van der Waals surface area contributed by atoms with Crippen molar-refractivity contribution in [2.45, 2.75) is 110 Å². The molecular formula is C28H46N2O5. The summed E-state index contributed by atoms with van der Waals surface area (Å²) in [6.07, 6.45) is 4.54. The maximum Gasteiger partial charge on any atom is 0.408 e. The Labute approximate surface area is 211 Å². The minimum Gasteiger partial charge on any atom is -0.445 e. The number of alkyl carbamates (subject to hydrolysis) is 1. The first-order chi connectivity index (χ1) is 16.7. The second-order valence-corrected chi connectivity index (χ2v) is 10.9. The highest BCUT2D eigenvalue weighted by atomic mass is 16.5. The molecule has 2 amide bonds. The van der Waals surface area contributed by atoms with E-state index in [0.717, 1.165) is 31.2 Å². The molecule has 0 aromatic heterocycles. The molecule has 0 aliphatic heterocycles. The summed E-state index contributed by atoms with van der Waals surface area (Å²) in [7, 11) is 0. The lowest BCUT2D eigenvalue weighted by molar-refractivity contribution is -0.126. The number of rotatable bonds is 13. The van der Waals surface area contributed by atoms with Crippen LogP contribution in [0.3, 0.4) is 0 Å². The van der Waals surface area contributed by atoms with Crippen LogP contribution in [-0.2, 0) is 16.1 Å². The lowest BCUT2D eigenvalue weighted by Crippen LogP contribution is -2.55. The molecule has 1 aromatic carbocycles. The van der Waals surface area contributed by atoms with Gasteiger partial charge in [0.15, 0.2) is 0 Å². The van der Waals surface area contributed by atoms with E-state index < -0.39 is 30.4 Å². The van der Waals surface area contributed by atoms with Crippen molar-refractivity contribution < 1.29 is 24.5 Å². The first kappa shape index (κ1) is 29.1. The number of carbonyl (C=O) groups is 2. The number of aliphatic hydroxyl groups is 2. The molecular weight excluding hydrogens is 444 g/mol. The zero-order valence-electron chi connectivity index (χ0n) is 21.9. The Morgan fingerprint density at radius 1 is 0.943 bits per heavy atom. The molecule has 1 aromatic rings. The molecule has 0 unspecified atom stereocenters. The molecule has 1 aliphatic rings. The molecule has 1 fully saturated rings. The summed E-state index contributed by atoms with van der Waals surface area (Å²) < 4.78 is 5.33. The standard InChI is InChI=1S/C28H46N2O5/c1-19(2)15-24(30-28(34)35-18-22-13-9-6-10-14-22)27(33)29-23(17-21-11-7-5-8-12-21)26(32)25(31)16-20(3)4/h6,9-10,13-14,19-21,23-26,31-32H,5,7-8,11-12,15-18H2,1-4H3,(H,29,33)(H,30,34)/t23-,24-,25-,26+/m0/s1. The van der Waals surface area contributed by atoms with Crippen LogP contribution < -0.4 is 10.6 Å². The van der Waals surface area contributed by atoms with Gasteiger partial charge in [-0.05, 0) is 42.6 Å². The van der Waals surface area contributed by atoms with Gasteiger partial charge in [-0.2, -0.15) is 0 Å². The third-order valence-electron chi connectivity index (χ3n) is 6.69. The summed E-state index contributed by atoms with van der Waals surface area (Å²) in [6, 6.07) is 8.01. The SMILES string of the molecule is CC(C)C[C@H](NC(=O)OCc1ccccc1)C(=O)N[C@@H](CC1CCCCC1)[C@@H](O)[C@@H](O)CC(C)C. The normalized spacial score (nSPS) is 18.1. The minimum atomic E-state index is -1.06. The van der Waals surface area contributed by atoms with Crippen molar-refractivity contribution in [2.24, 2.45) is 17.8 Å². The number of amides is 2. The Morgan fingerprint density at radius 3 is 2.17 bits per heavy atom. The highest BCUT2D eigenvalue weighted by Gasteiger charge is 2.33. The predicted molar refractivity (Wildman–Crippen MR) is 138 cm³/mol. The van der Waals surface area contributed by atoms with Gasteiger partial charge in [0, 0.05) is 0 Å². The number of hydrogen-bond donors (Lipinski definition) is 4. The molecule has 4 atom stereocenters. The van der Waals surface area contributed by atoms with E-state index in [9.17, 15) is 19.8 Å². The van der Waals surface area contributed by atoms with Gasteiger partial charge in [-0.25, -0.2) is 4.79 Å². The Hall–Kier alpha value is -2.12. The highest BCUT2D eigenvalue weighted by molar-refractivity contribution is 5.85. The molecule has 7 heteroatoms. The second-order valence-electron chi connectivity index (χ2n) is 10.9. The molecule has 0 spiro atoms. The zero-order valence-corrected chi connectivity index (χ0v) is 21.9. The molecule has 1 saturated carbocycles. The average molecular weight is 491 g/mol. The molecule has 0 bridgehead atoms. The topological polar surface area (TPSA) is 108 Å². The van der Waals surface area contributed by atoms with E-state index in [1.165, 1.54) is 6.42 Å². The van der Waals surface area contributed by atoms with E-state index in [0.29, 0.717) is 25.2 Å². The van der Waals surface area contributed by atoms with E-state index in [-0.39, 0.29) is 24.3 Å². The van der Waals surface area contributed by atoms with E-state index in [2.05, 4.69) is 10.6 Å². The van der Waals surface area contributed by atoms with Crippen molar-refractivity contribution in [3.8, 4) is 0 Å². The van der Waals surface area contributed by atoms with Gasteiger partial charge in [-0.15, -0.1) is 0 Å². The van der Waals surface area contributed by atoms with Crippen molar-refractivity contribution >= 4 is 12.0 Å². The average Bonchev–Trinajstić information content (AvgIpc) is 2.82. The van der Waals surface area contributed by atoms with Crippen molar-refractivity contribution in [2.75, 3.05) is 0 Å². The first-order valence-electron chi connectivity index (χ1n) is 13.3. The molecule has 7 nitrogen and oxygen atoms in total. The van der Waals surface area contributed by atoms with Crippen LogP contribution in [0.5, 0.6) is 0 Å². The summed E-state index contributed by atoms with van der Waals surface area (Å²) >= 11 is 0. The number of hydrogen-bond acceptors (Lipinski definition) is 5. The fourth-order valence-corrected chi connectivity index (χ4v) is 4.85. The summed E-state index contributed by atoms with van der Waals surface area (Å²) in [6.45, 7) is 8.08. The predicted octanol–water partition coefficient (Wildman–Crippen LogP) is 4.55. The van der Waals surface area contributed by atoms with E-state index in [1.54, 1.807) is 0 Å². The van der Waals surface area contributed by atoms with Gasteiger partial charge in [0.1, 0.15) is 18.8 Å². The van der Waals surface area contributed by atoms with Gasteiger partial charge in [-0.3, -0.25) is 4.79 Å². The van der Waals surface area contributed by atoms with Crippen LogP contribution in [0.25, 0.3) is 0 Å². The number of nitrogens with one attached hydrogen (secondary N) is 2. The summed E-state index contributed by atoms with van der Waals surface area (Å²) in [5.74, 6) is 0.433. The van der Waals surface area contributed by atoms with Crippen LogP contribution >= 0.6 is 0 Å². The molecule has 0 radical (unpaired) electrons. The third-order valence-corrected chi connectivity index (χ3v) is 6.69. The Kier molecular flexibility index (Phi) is 12.6. The maximum absolute atomic E-state index is 13.3. The van der Waals surface area contributed by atoms with Crippen LogP contribution in [-0.4, -0.2) is 46.5 Å². The third kappa shape index (κ3) is 11.0. The molecule has 198 valence electrons. The van der Waals surface area contributed by atoms with Crippen LogP contribution in [0, 0.1) is 17.8 Å². The van der Waals surface area contributed by atoms with Gasteiger partial charge >= 0.3 is 6.09 Å². The summed E-state index contributed by atoms with van der Waals surface area (Å²) in [4.78, 5) is 25.8. The van der Waals surface area contributed by atoms with Crippen LogP contribution in [0.1, 0.15) is 84.6 Å². The number of carbonyl (C=O) groups excluding carboxylic acids is 2. The van der Waals surface area contributed by atoms with Gasteiger partial charge < -0.3 is 25.6 Å². The zero-order chi connectivity index (χ0) is 25.8.